The van der Waals surface area contributed by atoms with Crippen molar-refractivity contribution in [3.8, 4) is 0 Å². The van der Waals surface area contributed by atoms with E-state index in [-0.39, 0.29) is 11.7 Å². The smallest absolute Gasteiger partial charge is 0.166 e. The first-order valence-electron chi connectivity index (χ1n) is 6.42. The van der Waals surface area contributed by atoms with Crippen LogP contribution in [0.15, 0.2) is 18.2 Å². The summed E-state index contributed by atoms with van der Waals surface area (Å²) in [6, 6.07) is 5.66. The van der Waals surface area contributed by atoms with Crippen LogP contribution in [0.3, 0.4) is 0 Å². The molecule has 0 N–H and O–H groups in total. The summed E-state index contributed by atoms with van der Waals surface area (Å²) in [6.45, 7) is 4.17. The average Bonchev–Trinajstić information content (AvgIpc) is 2.80. The lowest BCUT2D eigenvalue weighted by Crippen LogP contribution is -2.11. The van der Waals surface area contributed by atoms with E-state index in [9.17, 15) is 4.79 Å². The Morgan fingerprint density at radius 2 is 2.18 bits per heavy atom. The summed E-state index contributed by atoms with van der Waals surface area (Å²) < 4.78 is 0. The zero-order valence-electron chi connectivity index (χ0n) is 10.5. The van der Waals surface area contributed by atoms with Gasteiger partial charge in [0.2, 0.25) is 0 Å². The van der Waals surface area contributed by atoms with Crippen molar-refractivity contribution in [1.82, 2.24) is 0 Å². The molecule has 1 fully saturated rings. The number of rotatable bonds is 3. The van der Waals surface area contributed by atoms with Gasteiger partial charge in [-0.15, -0.1) is 0 Å². The number of halogens is 1. The van der Waals surface area contributed by atoms with Crippen LogP contribution in [0.25, 0.3) is 0 Å². The summed E-state index contributed by atoms with van der Waals surface area (Å²) >= 11 is 6.07. The highest BCUT2D eigenvalue weighted by molar-refractivity contribution is 6.31. The lowest BCUT2D eigenvalue weighted by molar-refractivity contribution is 0.0920. The van der Waals surface area contributed by atoms with E-state index in [1.54, 1.807) is 0 Å². The second-order valence-corrected chi connectivity index (χ2v) is 5.52. The molecule has 2 atom stereocenters. The third-order valence-electron chi connectivity index (χ3n) is 3.95. The van der Waals surface area contributed by atoms with Gasteiger partial charge in [-0.25, -0.2) is 0 Å². The molecule has 1 aliphatic carbocycles. The highest BCUT2D eigenvalue weighted by Crippen LogP contribution is 2.35. The van der Waals surface area contributed by atoms with E-state index in [4.69, 9.17) is 11.6 Å². The summed E-state index contributed by atoms with van der Waals surface area (Å²) in [6.07, 6.45) is 4.49. The molecule has 0 aromatic heterocycles. The second kappa shape index (κ2) is 5.22. The maximum absolute atomic E-state index is 12.3. The molecule has 1 aromatic rings. The Morgan fingerprint density at radius 1 is 1.41 bits per heavy atom. The van der Waals surface area contributed by atoms with Crippen LogP contribution in [0.1, 0.15) is 48.5 Å². The second-order valence-electron chi connectivity index (χ2n) is 5.11. The van der Waals surface area contributed by atoms with Crippen LogP contribution < -0.4 is 0 Å². The number of hydrogen-bond donors (Lipinski definition) is 0. The predicted molar refractivity (Wildman–Crippen MR) is 71.6 cm³/mol. The number of aryl methyl sites for hydroxylation is 1. The predicted octanol–water partition coefficient (Wildman–Crippen LogP) is 4.66. The first-order chi connectivity index (χ1) is 8.11. The van der Waals surface area contributed by atoms with Crippen molar-refractivity contribution in [3.05, 3.63) is 34.3 Å². The van der Waals surface area contributed by atoms with Crippen molar-refractivity contribution < 1.29 is 4.79 Å². The average molecular weight is 251 g/mol. The molecule has 0 radical (unpaired) electrons. The van der Waals surface area contributed by atoms with Crippen molar-refractivity contribution in [1.29, 1.82) is 0 Å². The monoisotopic (exact) mass is 250 g/mol. The van der Waals surface area contributed by atoms with Crippen LogP contribution >= 0.6 is 11.6 Å². The van der Waals surface area contributed by atoms with Crippen LogP contribution in [0.5, 0.6) is 0 Å². The Labute approximate surface area is 108 Å². The van der Waals surface area contributed by atoms with Crippen molar-refractivity contribution in [3.63, 3.8) is 0 Å². The highest BCUT2D eigenvalue weighted by Gasteiger charge is 2.29. The zero-order chi connectivity index (χ0) is 12.4. The van der Waals surface area contributed by atoms with E-state index in [0.29, 0.717) is 5.02 Å². The van der Waals surface area contributed by atoms with Gasteiger partial charge in [0.25, 0.3) is 0 Å². The largest absolute Gasteiger partial charge is 0.294 e. The van der Waals surface area contributed by atoms with Gasteiger partial charge in [0.15, 0.2) is 5.78 Å². The Kier molecular flexibility index (Phi) is 3.88. The summed E-state index contributed by atoms with van der Waals surface area (Å²) in [5, 5.41) is 0.695. The van der Waals surface area contributed by atoms with E-state index in [1.807, 2.05) is 25.1 Å². The van der Waals surface area contributed by atoms with Gasteiger partial charge in [-0.05, 0) is 43.7 Å². The lowest BCUT2D eigenvalue weighted by atomic mass is 9.94. The SMILES string of the molecule is CCC1CCC(C(=O)c2ccc(C)c(Cl)c2)C1. The summed E-state index contributed by atoms with van der Waals surface area (Å²) in [7, 11) is 0. The molecule has 2 heteroatoms. The quantitative estimate of drug-likeness (QED) is 0.714. The number of carbonyl (C=O) groups excluding carboxylic acids is 1. The molecule has 0 amide bonds. The lowest BCUT2D eigenvalue weighted by Gasteiger charge is -2.10. The highest BCUT2D eigenvalue weighted by atomic mass is 35.5. The molecule has 1 saturated carbocycles. The number of hydrogen-bond acceptors (Lipinski definition) is 1. The molecule has 1 nitrogen and oxygen atoms in total. The first-order valence-corrected chi connectivity index (χ1v) is 6.80. The fourth-order valence-corrected chi connectivity index (χ4v) is 2.85. The first kappa shape index (κ1) is 12.6. The van der Waals surface area contributed by atoms with Gasteiger partial charge in [-0.3, -0.25) is 4.79 Å². The van der Waals surface area contributed by atoms with Gasteiger partial charge in [-0.2, -0.15) is 0 Å². The standard InChI is InChI=1S/C15H19ClO/c1-3-11-5-7-12(8-11)15(17)13-6-4-10(2)14(16)9-13/h4,6,9,11-12H,3,5,7-8H2,1-2H3. The maximum atomic E-state index is 12.3. The molecule has 0 heterocycles. The van der Waals surface area contributed by atoms with Crippen molar-refractivity contribution in [2.24, 2.45) is 11.8 Å². The minimum absolute atomic E-state index is 0.221. The number of carbonyl (C=O) groups is 1. The Hall–Kier alpha value is -0.820. The van der Waals surface area contributed by atoms with Gasteiger partial charge < -0.3 is 0 Å². The normalized spacial score (nSPS) is 23.9. The molecule has 2 rings (SSSR count). The van der Waals surface area contributed by atoms with Crippen LogP contribution in [0.4, 0.5) is 0 Å². The van der Waals surface area contributed by atoms with Gasteiger partial charge in [-0.1, -0.05) is 37.1 Å². The van der Waals surface area contributed by atoms with Gasteiger partial charge >= 0.3 is 0 Å². The minimum Gasteiger partial charge on any atom is -0.294 e. The Balaban J connectivity index is 2.12. The van der Waals surface area contributed by atoms with Crippen molar-refractivity contribution in [2.75, 3.05) is 0 Å². The summed E-state index contributed by atoms with van der Waals surface area (Å²) in [4.78, 5) is 12.3. The molecule has 0 aliphatic heterocycles. The number of benzene rings is 1. The Bertz CT molecular complexity index is 425. The molecule has 0 bridgehead atoms. The molecule has 1 aliphatic rings. The van der Waals surface area contributed by atoms with Crippen molar-refractivity contribution >= 4 is 17.4 Å². The van der Waals surface area contributed by atoms with Crippen LogP contribution in [0, 0.1) is 18.8 Å². The number of ketones is 1. The Morgan fingerprint density at radius 3 is 2.76 bits per heavy atom. The van der Waals surface area contributed by atoms with E-state index in [0.717, 1.165) is 29.9 Å². The summed E-state index contributed by atoms with van der Waals surface area (Å²) in [5.74, 6) is 1.24. The van der Waals surface area contributed by atoms with E-state index < -0.39 is 0 Å². The molecule has 1 aromatic carbocycles. The van der Waals surface area contributed by atoms with Crippen LogP contribution in [0.2, 0.25) is 5.02 Å². The van der Waals surface area contributed by atoms with Crippen LogP contribution in [-0.2, 0) is 0 Å². The molecule has 0 saturated heterocycles. The molecular weight excluding hydrogens is 232 g/mol. The minimum atomic E-state index is 0.221. The topological polar surface area (TPSA) is 17.1 Å². The molecule has 2 unspecified atom stereocenters. The van der Waals surface area contributed by atoms with E-state index in [1.165, 1.54) is 12.8 Å². The molecule has 92 valence electrons. The van der Waals surface area contributed by atoms with Crippen LogP contribution in [-0.4, -0.2) is 5.78 Å². The maximum Gasteiger partial charge on any atom is 0.166 e. The molecule has 0 spiro atoms. The third-order valence-corrected chi connectivity index (χ3v) is 4.35. The zero-order valence-corrected chi connectivity index (χ0v) is 11.3. The molecule has 17 heavy (non-hydrogen) atoms. The van der Waals surface area contributed by atoms with Gasteiger partial charge in [0.1, 0.15) is 0 Å². The third kappa shape index (κ3) is 2.71. The number of Topliss-reactive ketones (excluding diaryl/α,β-unsaturated/α-hetero) is 1. The van der Waals surface area contributed by atoms with Gasteiger partial charge in [0, 0.05) is 16.5 Å². The fourth-order valence-electron chi connectivity index (χ4n) is 2.67. The van der Waals surface area contributed by atoms with E-state index >= 15 is 0 Å². The molecular formula is C15H19ClO. The van der Waals surface area contributed by atoms with Gasteiger partial charge in [0.05, 0.1) is 0 Å². The summed E-state index contributed by atoms with van der Waals surface area (Å²) in [5.41, 5.74) is 1.81. The van der Waals surface area contributed by atoms with Crippen molar-refractivity contribution in [2.45, 2.75) is 39.5 Å². The van der Waals surface area contributed by atoms with E-state index in [2.05, 4.69) is 6.92 Å². The fraction of sp³-hybridized carbons (Fsp3) is 0.533.